The molecule has 0 fully saturated rings. The molecule has 0 saturated heterocycles. The van der Waals surface area contributed by atoms with Crippen molar-refractivity contribution in [2.45, 2.75) is 0 Å². The lowest BCUT2D eigenvalue weighted by atomic mass is 9.98. The molecule has 3 nitrogen and oxygen atoms in total. The van der Waals surface area contributed by atoms with Crippen LogP contribution in [0.1, 0.15) is 0 Å². The van der Waals surface area contributed by atoms with Crippen LogP contribution in [-0.2, 0) is 4.57 Å². The Bertz CT molecular complexity index is 811. The van der Waals surface area contributed by atoms with Crippen LogP contribution in [0.25, 0.3) is 22.3 Å². The first-order valence-electron chi connectivity index (χ1n) is 6.86. The highest BCUT2D eigenvalue weighted by Crippen LogP contribution is 2.28. The minimum atomic E-state index is 0.000992. The van der Waals surface area contributed by atoms with Crippen molar-refractivity contribution in [3.8, 4) is 22.3 Å². The van der Waals surface area contributed by atoms with Gasteiger partial charge in [-0.1, -0.05) is 30.3 Å². The molecule has 0 unspecified atom stereocenters. The van der Waals surface area contributed by atoms with Crippen LogP contribution in [0, 0.1) is 0 Å². The highest BCUT2D eigenvalue weighted by molar-refractivity contribution is 7.34. The summed E-state index contributed by atoms with van der Waals surface area (Å²) in [5, 5.41) is 0.754. The zero-order chi connectivity index (χ0) is 15.5. The second-order valence-corrected chi connectivity index (χ2v) is 5.73. The summed E-state index contributed by atoms with van der Waals surface area (Å²) >= 11 is 0. The molecule has 3 aromatic rings. The minimum Gasteiger partial charge on any atom is -0.399 e. The van der Waals surface area contributed by atoms with Crippen molar-refractivity contribution in [3.05, 3.63) is 66.7 Å². The molecule has 22 heavy (non-hydrogen) atoms. The second kappa shape index (κ2) is 6.00. The molecule has 108 valence electrons. The van der Waals surface area contributed by atoms with E-state index in [0.717, 1.165) is 33.2 Å². The number of hydrogen-bond donors (Lipinski definition) is 2. The molecule has 3 aromatic carbocycles. The maximum absolute atomic E-state index is 11.4. The van der Waals surface area contributed by atoms with Gasteiger partial charge in [0.1, 0.15) is 0 Å². The van der Waals surface area contributed by atoms with Crippen molar-refractivity contribution in [3.63, 3.8) is 0 Å². The standard InChI is InChI=1S/C18H15N2OP/c19-15-6-1-12(2-7-15)14-5-10-18(22-21)17(11-14)13-3-8-16(20)9-4-13/h1-11H,19-20H2. The molecule has 4 heteroatoms. The molecular formula is C18H15N2OP. The van der Waals surface area contributed by atoms with E-state index in [-0.39, 0.29) is 8.46 Å². The van der Waals surface area contributed by atoms with Crippen molar-refractivity contribution in [2.75, 3.05) is 11.5 Å². The molecule has 0 saturated carbocycles. The average Bonchev–Trinajstić information content (AvgIpc) is 2.56. The number of benzene rings is 3. The predicted molar refractivity (Wildman–Crippen MR) is 93.4 cm³/mol. The van der Waals surface area contributed by atoms with Gasteiger partial charge in [-0.15, -0.1) is 0 Å². The SMILES string of the molecule is Nc1ccc(-c2ccc(P=O)c(-c3ccc(N)cc3)c2)cc1. The van der Waals surface area contributed by atoms with Gasteiger partial charge >= 0.3 is 0 Å². The molecule has 0 amide bonds. The van der Waals surface area contributed by atoms with E-state index in [2.05, 4.69) is 0 Å². The Balaban J connectivity index is 2.12. The molecule has 0 aliphatic heterocycles. The monoisotopic (exact) mass is 306 g/mol. The Hall–Kier alpha value is -2.64. The molecule has 0 aromatic heterocycles. The minimum absolute atomic E-state index is 0.000992. The highest BCUT2D eigenvalue weighted by Gasteiger charge is 2.08. The van der Waals surface area contributed by atoms with Crippen LogP contribution in [0.2, 0.25) is 0 Å². The molecule has 0 spiro atoms. The van der Waals surface area contributed by atoms with Crippen LogP contribution in [0.5, 0.6) is 0 Å². The second-order valence-electron chi connectivity index (χ2n) is 5.07. The third-order valence-corrected chi connectivity index (χ3v) is 4.15. The van der Waals surface area contributed by atoms with E-state index in [1.807, 2.05) is 66.7 Å². The Morgan fingerprint density at radius 2 is 1.14 bits per heavy atom. The molecule has 3 rings (SSSR count). The van der Waals surface area contributed by atoms with E-state index in [9.17, 15) is 4.57 Å². The van der Waals surface area contributed by atoms with Gasteiger partial charge in [0.15, 0.2) is 8.46 Å². The number of nitrogens with two attached hydrogens (primary N) is 2. The summed E-state index contributed by atoms with van der Waals surface area (Å²) in [6.07, 6.45) is 0. The predicted octanol–water partition coefficient (Wildman–Crippen LogP) is 4.10. The van der Waals surface area contributed by atoms with Crippen LogP contribution in [0.15, 0.2) is 66.7 Å². The molecule has 0 aliphatic rings. The lowest BCUT2D eigenvalue weighted by Crippen LogP contribution is -1.98. The van der Waals surface area contributed by atoms with Crippen LogP contribution in [-0.4, -0.2) is 0 Å². The van der Waals surface area contributed by atoms with Gasteiger partial charge in [0, 0.05) is 11.4 Å². The van der Waals surface area contributed by atoms with Crippen LogP contribution in [0.3, 0.4) is 0 Å². The van der Waals surface area contributed by atoms with Crippen molar-refractivity contribution in [2.24, 2.45) is 0 Å². The van der Waals surface area contributed by atoms with Crippen LogP contribution < -0.4 is 16.8 Å². The fourth-order valence-electron chi connectivity index (χ4n) is 2.36. The third-order valence-electron chi connectivity index (χ3n) is 3.56. The molecule has 0 radical (unpaired) electrons. The van der Waals surface area contributed by atoms with E-state index >= 15 is 0 Å². The van der Waals surface area contributed by atoms with Gasteiger partial charge in [0.25, 0.3) is 0 Å². The zero-order valence-electron chi connectivity index (χ0n) is 11.9. The average molecular weight is 306 g/mol. The molecule has 0 aliphatic carbocycles. The molecule has 4 N–H and O–H groups in total. The maximum Gasteiger partial charge on any atom is 0.192 e. The third kappa shape index (κ3) is 2.85. The topological polar surface area (TPSA) is 69.1 Å². The summed E-state index contributed by atoms with van der Waals surface area (Å²) in [5.74, 6) is 0. The number of rotatable bonds is 3. The first-order chi connectivity index (χ1) is 10.7. The Labute approximate surface area is 130 Å². The molecule has 0 heterocycles. The molecular weight excluding hydrogens is 291 g/mol. The molecule has 0 bridgehead atoms. The van der Waals surface area contributed by atoms with Crippen LogP contribution in [0.4, 0.5) is 11.4 Å². The summed E-state index contributed by atoms with van der Waals surface area (Å²) in [4.78, 5) is 0. The van der Waals surface area contributed by atoms with Gasteiger partial charge in [-0.25, -0.2) is 0 Å². The van der Waals surface area contributed by atoms with E-state index in [0.29, 0.717) is 5.69 Å². The van der Waals surface area contributed by atoms with Gasteiger partial charge in [0.05, 0.1) is 5.30 Å². The molecule has 0 atom stereocenters. The van der Waals surface area contributed by atoms with Crippen molar-refractivity contribution in [1.82, 2.24) is 0 Å². The normalized spacial score (nSPS) is 10.7. The van der Waals surface area contributed by atoms with Gasteiger partial charge in [-0.3, -0.25) is 4.57 Å². The fraction of sp³-hybridized carbons (Fsp3) is 0. The van der Waals surface area contributed by atoms with E-state index < -0.39 is 0 Å². The largest absolute Gasteiger partial charge is 0.399 e. The summed E-state index contributed by atoms with van der Waals surface area (Å²) in [7, 11) is 0.000992. The van der Waals surface area contributed by atoms with Gasteiger partial charge in [-0.2, -0.15) is 0 Å². The van der Waals surface area contributed by atoms with Gasteiger partial charge in [0.2, 0.25) is 0 Å². The van der Waals surface area contributed by atoms with Gasteiger partial charge in [-0.05, 0) is 58.7 Å². The van der Waals surface area contributed by atoms with Crippen molar-refractivity contribution < 1.29 is 4.57 Å². The van der Waals surface area contributed by atoms with Gasteiger partial charge < -0.3 is 11.5 Å². The Morgan fingerprint density at radius 3 is 1.68 bits per heavy atom. The number of hydrogen-bond acceptors (Lipinski definition) is 3. The smallest absolute Gasteiger partial charge is 0.192 e. The number of anilines is 2. The lowest BCUT2D eigenvalue weighted by molar-refractivity contribution is 0.603. The summed E-state index contributed by atoms with van der Waals surface area (Å²) < 4.78 is 11.4. The quantitative estimate of drug-likeness (QED) is 0.565. The summed E-state index contributed by atoms with van der Waals surface area (Å²) in [5.41, 5.74) is 17.0. The summed E-state index contributed by atoms with van der Waals surface area (Å²) in [6, 6.07) is 21.1. The highest BCUT2D eigenvalue weighted by atomic mass is 31.1. The van der Waals surface area contributed by atoms with E-state index in [1.165, 1.54) is 0 Å². The van der Waals surface area contributed by atoms with Crippen LogP contribution >= 0.6 is 8.46 Å². The maximum atomic E-state index is 11.4. The lowest BCUT2D eigenvalue weighted by Gasteiger charge is -2.09. The van der Waals surface area contributed by atoms with E-state index in [4.69, 9.17) is 11.5 Å². The zero-order valence-corrected chi connectivity index (χ0v) is 12.8. The fourth-order valence-corrected chi connectivity index (χ4v) is 2.79. The number of nitrogen functional groups attached to an aromatic ring is 2. The first kappa shape index (κ1) is 14.3. The van der Waals surface area contributed by atoms with E-state index in [1.54, 1.807) is 0 Å². The van der Waals surface area contributed by atoms with Crippen molar-refractivity contribution in [1.29, 1.82) is 0 Å². The Morgan fingerprint density at radius 1 is 0.636 bits per heavy atom. The summed E-state index contributed by atoms with van der Waals surface area (Å²) in [6.45, 7) is 0. The van der Waals surface area contributed by atoms with Crippen molar-refractivity contribution >= 4 is 25.1 Å². The first-order valence-corrected chi connectivity index (χ1v) is 7.68. The Kier molecular flexibility index (Phi) is 3.90.